The van der Waals surface area contributed by atoms with E-state index in [2.05, 4.69) is 31.4 Å². The molecule has 1 amide bonds. The van der Waals surface area contributed by atoms with Gasteiger partial charge in [0.1, 0.15) is 0 Å². The first-order chi connectivity index (χ1) is 10.3. The number of aromatic nitrogens is 2. The first kappa shape index (κ1) is 16.8. The number of carbonyl (C=O) groups excluding carboxylic acids is 1. The number of hydrogen-bond donors (Lipinski definition) is 2. The number of carbonyl (C=O) groups is 1. The van der Waals surface area contributed by atoms with Crippen LogP contribution in [-0.2, 0) is 0 Å². The molecular formula is C15H18BrClN4O. The smallest absolute Gasteiger partial charge is 0.277 e. The first-order valence-corrected chi connectivity index (χ1v) is 8.00. The van der Waals surface area contributed by atoms with E-state index < -0.39 is 0 Å². The molecule has 0 saturated carbocycles. The van der Waals surface area contributed by atoms with Gasteiger partial charge in [0.2, 0.25) is 0 Å². The Hall–Kier alpha value is -1.53. The van der Waals surface area contributed by atoms with Crippen molar-refractivity contribution in [3.05, 3.63) is 39.1 Å². The van der Waals surface area contributed by atoms with Gasteiger partial charge in [-0.25, -0.2) is 0 Å². The Kier molecular flexibility index (Phi) is 5.13. The highest BCUT2D eigenvalue weighted by atomic mass is 79.9. The average molecular weight is 386 g/mol. The highest BCUT2D eigenvalue weighted by molar-refractivity contribution is 9.10. The lowest BCUT2D eigenvalue weighted by Gasteiger charge is -2.18. The molecule has 2 N–H and O–H groups in total. The van der Waals surface area contributed by atoms with Gasteiger partial charge >= 0.3 is 0 Å². The third kappa shape index (κ3) is 3.44. The summed E-state index contributed by atoms with van der Waals surface area (Å²) in [6.07, 6.45) is 0. The molecule has 0 atom stereocenters. The van der Waals surface area contributed by atoms with Gasteiger partial charge in [0.15, 0.2) is 5.69 Å². The van der Waals surface area contributed by atoms with Crippen LogP contribution < -0.4 is 10.2 Å². The van der Waals surface area contributed by atoms with Crippen LogP contribution in [0.4, 0.5) is 11.4 Å². The molecule has 0 fully saturated rings. The zero-order chi connectivity index (χ0) is 16.4. The van der Waals surface area contributed by atoms with Crippen LogP contribution >= 0.6 is 27.5 Å². The zero-order valence-electron chi connectivity index (χ0n) is 12.9. The number of aromatic amines is 1. The van der Waals surface area contributed by atoms with E-state index in [0.717, 1.165) is 11.4 Å². The van der Waals surface area contributed by atoms with Crippen LogP contribution in [0.25, 0.3) is 0 Å². The quantitative estimate of drug-likeness (QED) is 0.826. The first-order valence-electron chi connectivity index (χ1n) is 6.83. The number of nitrogens with one attached hydrogen (secondary N) is 2. The molecule has 7 heteroatoms. The van der Waals surface area contributed by atoms with Crippen LogP contribution in [-0.4, -0.2) is 30.2 Å². The molecule has 0 spiro atoms. The number of rotatable bonds is 4. The summed E-state index contributed by atoms with van der Waals surface area (Å²) in [5.41, 5.74) is 2.73. The van der Waals surface area contributed by atoms with Gasteiger partial charge in [0, 0.05) is 19.1 Å². The van der Waals surface area contributed by atoms with Crippen molar-refractivity contribution in [2.24, 2.45) is 0 Å². The molecule has 0 unspecified atom stereocenters. The molecule has 0 aliphatic heterocycles. The molecule has 1 heterocycles. The van der Waals surface area contributed by atoms with Crippen LogP contribution in [0.2, 0.25) is 5.02 Å². The number of H-pyrrole nitrogens is 1. The molecule has 2 aromatic rings. The van der Waals surface area contributed by atoms with E-state index in [1.54, 1.807) is 12.1 Å². The Morgan fingerprint density at radius 2 is 2.09 bits per heavy atom. The van der Waals surface area contributed by atoms with Gasteiger partial charge in [-0.3, -0.25) is 9.89 Å². The summed E-state index contributed by atoms with van der Waals surface area (Å²) < 4.78 is 0.688. The summed E-state index contributed by atoms with van der Waals surface area (Å²) in [6.45, 7) is 4.06. The van der Waals surface area contributed by atoms with Gasteiger partial charge in [0.25, 0.3) is 5.91 Å². The summed E-state index contributed by atoms with van der Waals surface area (Å²) in [6, 6.07) is 5.36. The third-order valence-electron chi connectivity index (χ3n) is 3.21. The molecule has 0 bridgehead atoms. The van der Waals surface area contributed by atoms with E-state index in [1.807, 2.05) is 38.9 Å². The van der Waals surface area contributed by atoms with Crippen LogP contribution in [0, 0.1) is 0 Å². The standard InChI is InChI=1S/C15H18BrClN4O/c1-8(2)13-12(16)14(20-19-13)15(22)18-10-7-9(17)5-6-11(10)21(3)4/h5-8H,1-4H3,(H,18,22)(H,19,20). The van der Waals surface area contributed by atoms with E-state index in [0.29, 0.717) is 20.9 Å². The summed E-state index contributed by atoms with van der Waals surface area (Å²) in [5, 5.41) is 10.4. The van der Waals surface area contributed by atoms with Gasteiger partial charge in [0.05, 0.1) is 21.5 Å². The van der Waals surface area contributed by atoms with Crippen molar-refractivity contribution in [1.29, 1.82) is 0 Å². The van der Waals surface area contributed by atoms with Crippen molar-refractivity contribution >= 4 is 44.8 Å². The van der Waals surface area contributed by atoms with Crippen LogP contribution in [0.3, 0.4) is 0 Å². The van der Waals surface area contributed by atoms with Crippen molar-refractivity contribution in [3.63, 3.8) is 0 Å². The summed E-state index contributed by atoms with van der Waals surface area (Å²) in [5.74, 6) is -0.0488. The van der Waals surface area contributed by atoms with Crippen molar-refractivity contribution in [2.45, 2.75) is 19.8 Å². The van der Waals surface area contributed by atoms with E-state index in [9.17, 15) is 4.79 Å². The highest BCUT2D eigenvalue weighted by Crippen LogP contribution is 2.30. The van der Waals surface area contributed by atoms with Crippen molar-refractivity contribution in [3.8, 4) is 0 Å². The van der Waals surface area contributed by atoms with Gasteiger partial charge < -0.3 is 10.2 Å². The Morgan fingerprint density at radius 3 is 2.64 bits per heavy atom. The molecule has 1 aromatic heterocycles. The molecule has 5 nitrogen and oxygen atoms in total. The largest absolute Gasteiger partial charge is 0.376 e. The lowest BCUT2D eigenvalue weighted by Crippen LogP contribution is -2.17. The predicted molar refractivity (Wildman–Crippen MR) is 94.1 cm³/mol. The Morgan fingerprint density at radius 1 is 1.41 bits per heavy atom. The normalized spacial score (nSPS) is 10.9. The number of amides is 1. The maximum atomic E-state index is 12.5. The Labute approximate surface area is 143 Å². The fourth-order valence-electron chi connectivity index (χ4n) is 2.05. The fraction of sp³-hybridized carbons (Fsp3) is 0.333. The second-order valence-corrected chi connectivity index (χ2v) is 6.69. The molecule has 2 rings (SSSR count). The number of nitrogens with zero attached hydrogens (tertiary/aromatic N) is 2. The molecule has 0 radical (unpaired) electrons. The van der Waals surface area contributed by atoms with Crippen molar-refractivity contribution in [2.75, 3.05) is 24.3 Å². The van der Waals surface area contributed by atoms with Gasteiger partial charge in [-0.15, -0.1) is 0 Å². The second kappa shape index (κ2) is 6.71. The topological polar surface area (TPSA) is 61.0 Å². The van der Waals surface area contributed by atoms with Crippen LogP contribution in [0.15, 0.2) is 22.7 Å². The monoisotopic (exact) mass is 384 g/mol. The van der Waals surface area contributed by atoms with Gasteiger partial charge in [-0.05, 0) is 40.0 Å². The van der Waals surface area contributed by atoms with Crippen LogP contribution in [0.1, 0.15) is 35.9 Å². The minimum atomic E-state index is -0.291. The SMILES string of the molecule is CC(C)c1[nH]nc(C(=O)Nc2cc(Cl)ccc2N(C)C)c1Br. The fourth-order valence-corrected chi connectivity index (χ4v) is 3.04. The maximum Gasteiger partial charge on any atom is 0.277 e. The summed E-state index contributed by atoms with van der Waals surface area (Å²) in [4.78, 5) is 14.4. The molecule has 0 aliphatic rings. The van der Waals surface area contributed by atoms with E-state index in [4.69, 9.17) is 11.6 Å². The average Bonchev–Trinajstić information content (AvgIpc) is 2.80. The molecule has 22 heavy (non-hydrogen) atoms. The van der Waals surface area contributed by atoms with Crippen LogP contribution in [0.5, 0.6) is 0 Å². The molecule has 0 saturated heterocycles. The molecule has 118 valence electrons. The van der Waals surface area contributed by atoms with Crippen molar-refractivity contribution in [1.82, 2.24) is 10.2 Å². The summed E-state index contributed by atoms with van der Waals surface area (Å²) in [7, 11) is 3.81. The Balaban J connectivity index is 2.32. The van der Waals surface area contributed by atoms with Crippen molar-refractivity contribution < 1.29 is 4.79 Å². The van der Waals surface area contributed by atoms with Gasteiger partial charge in [-0.1, -0.05) is 25.4 Å². The summed E-state index contributed by atoms with van der Waals surface area (Å²) >= 11 is 9.46. The molecule has 0 aliphatic carbocycles. The lowest BCUT2D eigenvalue weighted by molar-refractivity contribution is 0.102. The number of hydrogen-bond acceptors (Lipinski definition) is 3. The third-order valence-corrected chi connectivity index (χ3v) is 4.25. The predicted octanol–water partition coefficient (Wildman–Crippen LogP) is 4.27. The molecular weight excluding hydrogens is 368 g/mol. The highest BCUT2D eigenvalue weighted by Gasteiger charge is 2.20. The molecule has 1 aromatic carbocycles. The minimum Gasteiger partial charge on any atom is -0.376 e. The zero-order valence-corrected chi connectivity index (χ0v) is 15.2. The lowest BCUT2D eigenvalue weighted by atomic mass is 10.1. The van der Waals surface area contributed by atoms with E-state index in [-0.39, 0.29) is 11.8 Å². The second-order valence-electron chi connectivity index (χ2n) is 5.46. The maximum absolute atomic E-state index is 12.5. The minimum absolute atomic E-state index is 0.243. The Bertz CT molecular complexity index is 697. The van der Waals surface area contributed by atoms with E-state index >= 15 is 0 Å². The van der Waals surface area contributed by atoms with E-state index in [1.165, 1.54) is 0 Å². The number of benzene rings is 1. The van der Waals surface area contributed by atoms with Gasteiger partial charge in [-0.2, -0.15) is 5.10 Å². The number of halogens is 2. The number of anilines is 2.